The van der Waals surface area contributed by atoms with Gasteiger partial charge in [-0.15, -0.1) is 0 Å². The number of ether oxygens (including phenoxy) is 2. The van der Waals surface area contributed by atoms with Crippen molar-refractivity contribution < 1.29 is 9.47 Å². The van der Waals surface area contributed by atoms with Crippen molar-refractivity contribution >= 4 is 10.9 Å². The summed E-state index contributed by atoms with van der Waals surface area (Å²) >= 11 is 0. The first-order valence-corrected chi connectivity index (χ1v) is 11.5. The van der Waals surface area contributed by atoms with E-state index in [0.717, 1.165) is 49.7 Å². The lowest BCUT2D eigenvalue weighted by atomic mass is 9.86. The highest BCUT2D eigenvalue weighted by Gasteiger charge is 2.31. The molecule has 1 fully saturated rings. The molecule has 3 aromatic rings. The number of aromatic nitrogens is 1. The summed E-state index contributed by atoms with van der Waals surface area (Å²) in [5.74, 6) is 1.74. The number of benzene rings is 2. The van der Waals surface area contributed by atoms with E-state index in [9.17, 15) is 0 Å². The zero-order valence-corrected chi connectivity index (χ0v) is 18.1. The number of rotatable bonds is 3. The van der Waals surface area contributed by atoms with Gasteiger partial charge in [0.05, 0.1) is 17.3 Å². The second kappa shape index (κ2) is 7.81. The zero-order valence-electron chi connectivity index (χ0n) is 18.1. The molecular formula is C26H29N3O2. The average Bonchev–Trinajstić information content (AvgIpc) is 3.28. The van der Waals surface area contributed by atoms with E-state index in [1.54, 1.807) is 0 Å². The molecule has 0 radical (unpaired) electrons. The molecule has 3 heterocycles. The van der Waals surface area contributed by atoms with Gasteiger partial charge in [-0.2, -0.15) is 0 Å². The lowest BCUT2D eigenvalue weighted by Gasteiger charge is -2.41. The SMILES string of the molecule is Cc1c2c(nc3ccccc13)[C@@H](N1CCN(Cc3ccc4c(c3)OCO4)CC1)CCC2. The minimum absolute atomic E-state index is 0.336. The van der Waals surface area contributed by atoms with Crippen LogP contribution >= 0.6 is 0 Å². The minimum Gasteiger partial charge on any atom is -0.454 e. The predicted octanol–water partition coefficient (Wildman–Crippen LogP) is 4.47. The van der Waals surface area contributed by atoms with Crippen LogP contribution in [0.1, 0.15) is 41.3 Å². The Bertz CT molecular complexity index is 1120. The third-order valence-electron chi connectivity index (χ3n) is 7.22. The van der Waals surface area contributed by atoms with Gasteiger partial charge in [0.15, 0.2) is 11.5 Å². The topological polar surface area (TPSA) is 37.8 Å². The van der Waals surface area contributed by atoms with Crippen molar-refractivity contribution in [1.29, 1.82) is 0 Å². The van der Waals surface area contributed by atoms with Gasteiger partial charge in [-0.3, -0.25) is 14.8 Å². The molecule has 0 saturated carbocycles. The molecule has 1 atom stereocenters. The number of para-hydroxylation sites is 1. The van der Waals surface area contributed by atoms with Gasteiger partial charge in [0.25, 0.3) is 0 Å². The summed E-state index contributed by atoms with van der Waals surface area (Å²) in [6.07, 6.45) is 3.65. The van der Waals surface area contributed by atoms with Crippen molar-refractivity contribution in [3.63, 3.8) is 0 Å². The molecular weight excluding hydrogens is 386 g/mol. The Morgan fingerprint density at radius 1 is 1.00 bits per heavy atom. The molecule has 6 rings (SSSR count). The lowest BCUT2D eigenvalue weighted by Crippen LogP contribution is -2.48. The van der Waals surface area contributed by atoms with Crippen LogP contribution in [0.15, 0.2) is 42.5 Å². The molecule has 0 bridgehead atoms. The first-order valence-electron chi connectivity index (χ1n) is 11.5. The molecule has 2 aliphatic heterocycles. The normalized spacial score (nSPS) is 21.4. The van der Waals surface area contributed by atoms with Crippen molar-refractivity contribution in [2.45, 2.75) is 38.8 Å². The molecule has 0 amide bonds. The smallest absolute Gasteiger partial charge is 0.231 e. The van der Waals surface area contributed by atoms with Gasteiger partial charge in [-0.25, -0.2) is 0 Å². The van der Waals surface area contributed by atoms with Gasteiger partial charge in [-0.1, -0.05) is 24.3 Å². The Morgan fingerprint density at radius 2 is 1.84 bits per heavy atom. The van der Waals surface area contributed by atoms with Crippen LogP contribution in [0, 0.1) is 6.92 Å². The number of aryl methyl sites for hydroxylation is 1. The summed E-state index contributed by atoms with van der Waals surface area (Å²) < 4.78 is 11.0. The Labute approximate surface area is 183 Å². The number of pyridine rings is 1. The van der Waals surface area contributed by atoms with Crippen molar-refractivity contribution in [3.8, 4) is 11.5 Å². The third-order valence-corrected chi connectivity index (χ3v) is 7.22. The summed E-state index contributed by atoms with van der Waals surface area (Å²) in [4.78, 5) is 10.4. The number of fused-ring (bicyclic) bond motifs is 3. The first-order chi connectivity index (χ1) is 15.3. The van der Waals surface area contributed by atoms with Crippen LogP contribution in [0.5, 0.6) is 11.5 Å². The fraction of sp³-hybridized carbons (Fsp3) is 0.423. The van der Waals surface area contributed by atoms with E-state index in [1.807, 2.05) is 6.07 Å². The molecule has 0 N–H and O–H groups in total. The molecule has 3 aliphatic rings. The first kappa shape index (κ1) is 19.1. The fourth-order valence-corrected chi connectivity index (χ4v) is 5.53. The van der Waals surface area contributed by atoms with Gasteiger partial charge in [-0.05, 0) is 61.1 Å². The summed E-state index contributed by atoms with van der Waals surface area (Å²) in [5, 5.41) is 1.32. The second-order valence-corrected chi connectivity index (χ2v) is 9.03. The lowest BCUT2D eigenvalue weighted by molar-refractivity contribution is 0.0824. The molecule has 31 heavy (non-hydrogen) atoms. The highest BCUT2D eigenvalue weighted by Crippen LogP contribution is 2.38. The summed E-state index contributed by atoms with van der Waals surface area (Å²) in [6.45, 7) is 7.97. The van der Waals surface area contributed by atoms with E-state index in [-0.39, 0.29) is 0 Å². The van der Waals surface area contributed by atoms with Crippen LogP contribution in [0.25, 0.3) is 10.9 Å². The Kier molecular flexibility index (Phi) is 4.81. The summed E-state index contributed by atoms with van der Waals surface area (Å²) in [7, 11) is 0. The van der Waals surface area contributed by atoms with Crippen molar-refractivity contribution in [2.75, 3.05) is 33.0 Å². The number of hydrogen-bond donors (Lipinski definition) is 0. The van der Waals surface area contributed by atoms with Gasteiger partial charge < -0.3 is 9.47 Å². The van der Waals surface area contributed by atoms with E-state index in [4.69, 9.17) is 14.5 Å². The van der Waals surface area contributed by atoms with Crippen molar-refractivity contribution in [2.24, 2.45) is 0 Å². The maximum Gasteiger partial charge on any atom is 0.231 e. The van der Waals surface area contributed by atoms with Crippen LogP contribution in [0.4, 0.5) is 0 Å². The molecule has 2 aromatic carbocycles. The molecule has 160 valence electrons. The zero-order chi connectivity index (χ0) is 20.8. The van der Waals surface area contributed by atoms with E-state index in [2.05, 4.69) is 53.1 Å². The maximum absolute atomic E-state index is 5.54. The van der Waals surface area contributed by atoms with Gasteiger partial charge in [0.2, 0.25) is 6.79 Å². The monoisotopic (exact) mass is 415 g/mol. The van der Waals surface area contributed by atoms with Crippen molar-refractivity contribution in [3.05, 3.63) is 64.8 Å². The van der Waals surface area contributed by atoms with Crippen LogP contribution in [-0.2, 0) is 13.0 Å². The van der Waals surface area contributed by atoms with Gasteiger partial charge >= 0.3 is 0 Å². The molecule has 5 nitrogen and oxygen atoms in total. The molecule has 1 aliphatic carbocycles. The summed E-state index contributed by atoms with van der Waals surface area (Å²) in [6, 6.07) is 15.4. The van der Waals surface area contributed by atoms with Gasteiger partial charge in [0.1, 0.15) is 0 Å². The minimum atomic E-state index is 0.336. The standard InChI is InChI=1S/C26H29N3O2/c1-18-20-5-2-3-7-22(20)27-26-21(18)6-4-8-23(26)29-13-11-28(12-14-29)16-19-9-10-24-25(15-19)31-17-30-24/h2-3,5,7,9-10,15,23H,4,6,8,11-14,16-17H2,1H3/t23-/m0/s1. The molecule has 0 spiro atoms. The van der Waals surface area contributed by atoms with E-state index in [1.165, 1.54) is 47.0 Å². The third kappa shape index (κ3) is 3.46. The van der Waals surface area contributed by atoms with Crippen LogP contribution < -0.4 is 9.47 Å². The summed E-state index contributed by atoms with van der Waals surface area (Å²) in [5.41, 5.74) is 6.72. The fourth-order valence-electron chi connectivity index (χ4n) is 5.53. The molecule has 5 heteroatoms. The largest absolute Gasteiger partial charge is 0.454 e. The van der Waals surface area contributed by atoms with Gasteiger partial charge in [0, 0.05) is 38.1 Å². The Hall–Kier alpha value is -2.63. The number of piperazine rings is 1. The quantitative estimate of drug-likeness (QED) is 0.631. The van der Waals surface area contributed by atoms with E-state index in [0.29, 0.717) is 12.8 Å². The Balaban J connectivity index is 1.17. The predicted molar refractivity (Wildman–Crippen MR) is 122 cm³/mol. The second-order valence-electron chi connectivity index (χ2n) is 9.03. The number of hydrogen-bond acceptors (Lipinski definition) is 5. The Morgan fingerprint density at radius 3 is 2.74 bits per heavy atom. The molecule has 1 saturated heterocycles. The van der Waals surface area contributed by atoms with E-state index < -0.39 is 0 Å². The average molecular weight is 416 g/mol. The maximum atomic E-state index is 5.54. The highest BCUT2D eigenvalue weighted by atomic mass is 16.7. The van der Waals surface area contributed by atoms with Crippen LogP contribution in [-0.4, -0.2) is 47.8 Å². The highest BCUT2D eigenvalue weighted by molar-refractivity contribution is 5.83. The molecule has 1 aromatic heterocycles. The van der Waals surface area contributed by atoms with Crippen molar-refractivity contribution in [1.82, 2.24) is 14.8 Å². The number of nitrogens with zero attached hydrogens (tertiary/aromatic N) is 3. The van der Waals surface area contributed by atoms with E-state index >= 15 is 0 Å². The van der Waals surface area contributed by atoms with Crippen LogP contribution in [0.2, 0.25) is 0 Å². The van der Waals surface area contributed by atoms with Crippen LogP contribution in [0.3, 0.4) is 0 Å². The molecule has 0 unspecified atom stereocenters.